The van der Waals surface area contributed by atoms with Gasteiger partial charge in [0.15, 0.2) is 0 Å². The molecule has 108 valence electrons. The van der Waals surface area contributed by atoms with Crippen LogP contribution in [0, 0.1) is 0 Å². The Morgan fingerprint density at radius 1 is 1.15 bits per heavy atom. The van der Waals surface area contributed by atoms with Gasteiger partial charge >= 0.3 is 0 Å². The number of rotatable bonds is 8. The van der Waals surface area contributed by atoms with E-state index in [2.05, 4.69) is 11.4 Å². The van der Waals surface area contributed by atoms with Crippen molar-refractivity contribution in [1.29, 1.82) is 0 Å². The van der Waals surface area contributed by atoms with E-state index in [9.17, 15) is 5.11 Å². The molecule has 2 aromatic rings. The molecule has 3 nitrogen and oxygen atoms in total. The molecule has 2 rings (SSSR count). The van der Waals surface area contributed by atoms with Crippen LogP contribution in [0.5, 0.6) is 0 Å². The van der Waals surface area contributed by atoms with Crippen molar-refractivity contribution in [3.8, 4) is 0 Å². The Labute approximate surface area is 124 Å². The number of hydrogen-bond acceptors (Lipinski definition) is 4. The van der Waals surface area contributed by atoms with Gasteiger partial charge in [0.25, 0.3) is 0 Å². The number of benzene rings is 1. The Bertz CT molecular complexity index is 472. The van der Waals surface area contributed by atoms with Gasteiger partial charge in [-0.1, -0.05) is 36.4 Å². The number of aliphatic hydroxyl groups excluding tert-OH is 1. The van der Waals surface area contributed by atoms with Gasteiger partial charge in [0.05, 0.1) is 19.3 Å². The number of aliphatic hydroxyl groups is 1. The molecule has 0 bridgehead atoms. The minimum Gasteiger partial charge on any atom is -0.389 e. The van der Waals surface area contributed by atoms with Crippen molar-refractivity contribution in [3.05, 3.63) is 58.3 Å². The Kier molecular flexibility index (Phi) is 6.21. The van der Waals surface area contributed by atoms with E-state index in [0.717, 1.165) is 12.0 Å². The van der Waals surface area contributed by atoms with Gasteiger partial charge in [-0.3, -0.25) is 0 Å². The van der Waals surface area contributed by atoms with Crippen molar-refractivity contribution in [3.63, 3.8) is 0 Å². The SMILES string of the molecule is NC(Cc1ccccc1)C(O)COCCc1cccs1. The van der Waals surface area contributed by atoms with Crippen LogP contribution in [0.3, 0.4) is 0 Å². The van der Waals surface area contributed by atoms with Crippen molar-refractivity contribution >= 4 is 11.3 Å². The first-order valence-electron chi connectivity index (χ1n) is 6.83. The summed E-state index contributed by atoms with van der Waals surface area (Å²) in [5.74, 6) is 0. The zero-order valence-corrected chi connectivity index (χ0v) is 12.3. The molecular formula is C16H21NO2S. The van der Waals surface area contributed by atoms with Crippen LogP contribution in [0.25, 0.3) is 0 Å². The summed E-state index contributed by atoms with van der Waals surface area (Å²) in [6.45, 7) is 0.912. The minimum atomic E-state index is -0.626. The summed E-state index contributed by atoms with van der Waals surface area (Å²) in [4.78, 5) is 1.30. The Balaban J connectivity index is 1.65. The van der Waals surface area contributed by atoms with Crippen molar-refractivity contribution in [2.75, 3.05) is 13.2 Å². The highest BCUT2D eigenvalue weighted by Gasteiger charge is 2.15. The molecule has 0 amide bonds. The fraction of sp³-hybridized carbons (Fsp3) is 0.375. The molecular weight excluding hydrogens is 270 g/mol. The average molecular weight is 291 g/mol. The van der Waals surface area contributed by atoms with E-state index in [1.54, 1.807) is 11.3 Å². The largest absolute Gasteiger partial charge is 0.389 e. The average Bonchev–Trinajstić information content (AvgIpc) is 2.97. The molecule has 0 saturated carbocycles. The van der Waals surface area contributed by atoms with E-state index >= 15 is 0 Å². The maximum absolute atomic E-state index is 9.99. The molecule has 2 unspecified atom stereocenters. The van der Waals surface area contributed by atoms with Crippen LogP contribution < -0.4 is 5.73 Å². The van der Waals surface area contributed by atoms with Crippen LogP contribution in [-0.4, -0.2) is 30.5 Å². The summed E-state index contributed by atoms with van der Waals surface area (Å²) in [5.41, 5.74) is 7.13. The third kappa shape index (κ3) is 5.06. The first-order valence-corrected chi connectivity index (χ1v) is 7.71. The van der Waals surface area contributed by atoms with Gasteiger partial charge < -0.3 is 15.6 Å². The maximum atomic E-state index is 9.99. The number of nitrogens with two attached hydrogens (primary N) is 1. The minimum absolute atomic E-state index is 0.291. The van der Waals surface area contributed by atoms with Crippen LogP contribution >= 0.6 is 11.3 Å². The molecule has 1 aromatic carbocycles. The predicted octanol–water partition coefficient (Wildman–Crippen LogP) is 2.24. The zero-order valence-electron chi connectivity index (χ0n) is 11.4. The molecule has 0 aliphatic heterocycles. The summed E-state index contributed by atoms with van der Waals surface area (Å²) >= 11 is 1.72. The van der Waals surface area contributed by atoms with Crippen LogP contribution in [-0.2, 0) is 17.6 Å². The van der Waals surface area contributed by atoms with E-state index < -0.39 is 6.10 Å². The predicted molar refractivity (Wildman–Crippen MR) is 83.0 cm³/mol. The van der Waals surface area contributed by atoms with Crippen LogP contribution in [0.2, 0.25) is 0 Å². The summed E-state index contributed by atoms with van der Waals surface area (Å²) in [6.07, 6.45) is 0.924. The molecule has 0 aliphatic carbocycles. The molecule has 0 radical (unpaired) electrons. The van der Waals surface area contributed by atoms with Crippen molar-refractivity contribution in [2.45, 2.75) is 25.0 Å². The summed E-state index contributed by atoms with van der Waals surface area (Å²) in [5, 5.41) is 12.0. The smallest absolute Gasteiger partial charge is 0.0927 e. The first kappa shape index (κ1) is 15.2. The van der Waals surface area contributed by atoms with E-state index in [1.165, 1.54) is 4.88 Å². The first-order chi connectivity index (χ1) is 9.75. The summed E-state index contributed by atoms with van der Waals surface area (Å²) in [7, 11) is 0. The highest BCUT2D eigenvalue weighted by atomic mass is 32.1. The van der Waals surface area contributed by atoms with E-state index in [-0.39, 0.29) is 6.04 Å². The number of thiophene rings is 1. The van der Waals surface area contributed by atoms with Gasteiger partial charge in [-0.05, 0) is 23.4 Å². The Morgan fingerprint density at radius 3 is 2.65 bits per heavy atom. The monoisotopic (exact) mass is 291 g/mol. The molecule has 2 atom stereocenters. The van der Waals surface area contributed by atoms with Gasteiger partial charge in [0.2, 0.25) is 0 Å². The van der Waals surface area contributed by atoms with Crippen LogP contribution in [0.15, 0.2) is 47.8 Å². The highest BCUT2D eigenvalue weighted by Crippen LogP contribution is 2.09. The fourth-order valence-corrected chi connectivity index (χ4v) is 2.67. The van der Waals surface area contributed by atoms with Gasteiger partial charge in [-0.15, -0.1) is 11.3 Å². The standard InChI is InChI=1S/C16H21NO2S/c17-15(11-13-5-2-1-3-6-13)16(18)12-19-9-8-14-7-4-10-20-14/h1-7,10,15-16,18H,8-9,11-12,17H2. The van der Waals surface area contributed by atoms with E-state index in [4.69, 9.17) is 10.5 Å². The Hall–Kier alpha value is -1.20. The molecule has 1 aromatic heterocycles. The van der Waals surface area contributed by atoms with Crippen molar-refractivity contribution < 1.29 is 9.84 Å². The third-order valence-electron chi connectivity index (χ3n) is 3.17. The quantitative estimate of drug-likeness (QED) is 0.733. The topological polar surface area (TPSA) is 55.5 Å². The maximum Gasteiger partial charge on any atom is 0.0927 e. The molecule has 3 N–H and O–H groups in total. The van der Waals surface area contributed by atoms with E-state index in [0.29, 0.717) is 19.6 Å². The van der Waals surface area contributed by atoms with E-state index in [1.807, 2.05) is 36.4 Å². The molecule has 0 saturated heterocycles. The molecule has 0 fully saturated rings. The lowest BCUT2D eigenvalue weighted by Gasteiger charge is -2.18. The van der Waals surface area contributed by atoms with Gasteiger partial charge in [0, 0.05) is 17.3 Å². The molecule has 0 aliphatic rings. The van der Waals surface area contributed by atoms with Gasteiger partial charge in [-0.2, -0.15) is 0 Å². The normalized spacial score (nSPS) is 14.1. The highest BCUT2D eigenvalue weighted by molar-refractivity contribution is 7.09. The Morgan fingerprint density at radius 2 is 1.95 bits per heavy atom. The molecule has 20 heavy (non-hydrogen) atoms. The second-order valence-electron chi connectivity index (χ2n) is 4.83. The lowest BCUT2D eigenvalue weighted by atomic mass is 10.0. The second kappa shape index (κ2) is 8.17. The number of ether oxygens (including phenoxy) is 1. The zero-order chi connectivity index (χ0) is 14.2. The lowest BCUT2D eigenvalue weighted by Crippen LogP contribution is -2.39. The van der Waals surface area contributed by atoms with Crippen LogP contribution in [0.4, 0.5) is 0 Å². The lowest BCUT2D eigenvalue weighted by molar-refractivity contribution is 0.0249. The van der Waals surface area contributed by atoms with Crippen molar-refractivity contribution in [1.82, 2.24) is 0 Å². The fourth-order valence-electron chi connectivity index (χ4n) is 1.98. The number of hydrogen-bond donors (Lipinski definition) is 2. The second-order valence-corrected chi connectivity index (χ2v) is 5.86. The molecule has 4 heteroatoms. The van der Waals surface area contributed by atoms with Crippen molar-refractivity contribution in [2.24, 2.45) is 5.73 Å². The van der Waals surface area contributed by atoms with Gasteiger partial charge in [0.1, 0.15) is 0 Å². The molecule has 0 spiro atoms. The summed E-state index contributed by atoms with van der Waals surface area (Å²) in [6, 6.07) is 13.8. The summed E-state index contributed by atoms with van der Waals surface area (Å²) < 4.78 is 5.50. The van der Waals surface area contributed by atoms with Crippen LogP contribution in [0.1, 0.15) is 10.4 Å². The molecule has 1 heterocycles. The van der Waals surface area contributed by atoms with Gasteiger partial charge in [-0.25, -0.2) is 0 Å². The third-order valence-corrected chi connectivity index (χ3v) is 4.11.